The van der Waals surface area contributed by atoms with E-state index < -0.39 is 0 Å². The zero-order valence-corrected chi connectivity index (χ0v) is 11.1. The molecule has 0 amide bonds. The summed E-state index contributed by atoms with van der Waals surface area (Å²) < 4.78 is 1.11. The van der Waals surface area contributed by atoms with Crippen molar-refractivity contribution in [2.24, 2.45) is 5.41 Å². The summed E-state index contributed by atoms with van der Waals surface area (Å²) in [5.41, 5.74) is 2.22. The second-order valence-corrected chi connectivity index (χ2v) is 5.49. The molecule has 0 fully saturated rings. The highest BCUT2D eigenvalue weighted by molar-refractivity contribution is 9.10. The average molecular weight is 272 g/mol. The van der Waals surface area contributed by atoms with Crippen LogP contribution in [-0.4, -0.2) is 18.3 Å². The lowest BCUT2D eigenvalue weighted by atomic mass is 9.95. The average Bonchev–Trinajstić information content (AvgIpc) is 2.20. The maximum Gasteiger partial charge on any atom is 0.0498 e. The highest BCUT2D eigenvalue weighted by Crippen LogP contribution is 2.22. The normalized spacial score (nSPS) is 11.5. The SMILES string of the molecule is Cc1ccc(NCC(C)(C)CO)cc1Br. The molecule has 0 bridgehead atoms. The van der Waals surface area contributed by atoms with Gasteiger partial charge in [0, 0.05) is 28.7 Å². The molecule has 3 heteroatoms. The van der Waals surface area contributed by atoms with Crippen LogP contribution in [0.25, 0.3) is 0 Å². The van der Waals surface area contributed by atoms with E-state index >= 15 is 0 Å². The van der Waals surface area contributed by atoms with Crippen LogP contribution in [0.5, 0.6) is 0 Å². The standard InChI is InChI=1S/C12H18BrNO/c1-9-4-5-10(6-11(9)13)14-7-12(2,3)8-15/h4-6,14-15H,7-8H2,1-3H3. The van der Waals surface area contributed by atoms with Gasteiger partial charge in [-0.25, -0.2) is 0 Å². The van der Waals surface area contributed by atoms with Crippen molar-refractivity contribution in [2.45, 2.75) is 20.8 Å². The first-order valence-electron chi connectivity index (χ1n) is 5.05. The van der Waals surface area contributed by atoms with E-state index in [-0.39, 0.29) is 12.0 Å². The van der Waals surface area contributed by atoms with Gasteiger partial charge in [-0.15, -0.1) is 0 Å². The lowest BCUT2D eigenvalue weighted by molar-refractivity contribution is 0.171. The van der Waals surface area contributed by atoms with Gasteiger partial charge in [0.2, 0.25) is 0 Å². The fourth-order valence-electron chi connectivity index (χ4n) is 1.10. The third-order valence-electron chi connectivity index (χ3n) is 2.37. The van der Waals surface area contributed by atoms with Gasteiger partial charge in [0.05, 0.1) is 0 Å². The Morgan fingerprint density at radius 2 is 2.07 bits per heavy atom. The number of halogens is 1. The molecule has 0 aliphatic carbocycles. The molecular formula is C12H18BrNO. The number of aliphatic hydroxyl groups is 1. The molecule has 0 aliphatic rings. The van der Waals surface area contributed by atoms with Crippen LogP contribution >= 0.6 is 15.9 Å². The number of hydrogen-bond donors (Lipinski definition) is 2. The third-order valence-corrected chi connectivity index (χ3v) is 3.23. The van der Waals surface area contributed by atoms with Gasteiger partial charge in [-0.1, -0.05) is 35.8 Å². The fraction of sp³-hybridized carbons (Fsp3) is 0.500. The number of nitrogens with one attached hydrogen (secondary N) is 1. The molecule has 0 unspecified atom stereocenters. The summed E-state index contributed by atoms with van der Waals surface area (Å²) in [5, 5.41) is 12.4. The molecule has 0 heterocycles. The molecule has 1 aromatic carbocycles. The largest absolute Gasteiger partial charge is 0.396 e. The van der Waals surface area contributed by atoms with Crippen LogP contribution in [0.3, 0.4) is 0 Å². The molecule has 0 spiro atoms. The van der Waals surface area contributed by atoms with Crippen molar-refractivity contribution in [2.75, 3.05) is 18.5 Å². The molecule has 84 valence electrons. The molecule has 1 rings (SSSR count). The Bertz CT molecular complexity index is 336. The summed E-state index contributed by atoms with van der Waals surface area (Å²) in [7, 11) is 0. The molecule has 0 radical (unpaired) electrons. The van der Waals surface area contributed by atoms with Gasteiger partial charge >= 0.3 is 0 Å². The number of rotatable bonds is 4. The molecule has 2 N–H and O–H groups in total. The van der Waals surface area contributed by atoms with E-state index in [1.807, 2.05) is 19.9 Å². The summed E-state index contributed by atoms with van der Waals surface area (Å²) in [6.45, 7) is 7.07. The van der Waals surface area contributed by atoms with Gasteiger partial charge in [-0.2, -0.15) is 0 Å². The van der Waals surface area contributed by atoms with E-state index in [1.165, 1.54) is 5.56 Å². The number of aliphatic hydroxyl groups excluding tert-OH is 1. The Morgan fingerprint density at radius 1 is 1.40 bits per heavy atom. The number of anilines is 1. The van der Waals surface area contributed by atoms with Gasteiger partial charge in [-0.3, -0.25) is 0 Å². The van der Waals surface area contributed by atoms with E-state index in [0.29, 0.717) is 0 Å². The Kier molecular flexibility index (Phi) is 4.17. The minimum absolute atomic E-state index is 0.0860. The molecule has 1 aromatic rings. The number of benzene rings is 1. The minimum atomic E-state index is -0.0860. The van der Waals surface area contributed by atoms with Crippen LogP contribution < -0.4 is 5.32 Å². The van der Waals surface area contributed by atoms with Gasteiger partial charge in [0.25, 0.3) is 0 Å². The summed E-state index contributed by atoms with van der Waals surface area (Å²) in [4.78, 5) is 0. The predicted octanol–water partition coefficient (Wildman–Crippen LogP) is 3.19. The minimum Gasteiger partial charge on any atom is -0.396 e. The Balaban J connectivity index is 2.62. The maximum atomic E-state index is 9.12. The van der Waals surface area contributed by atoms with Crippen LogP contribution in [-0.2, 0) is 0 Å². The molecule has 0 atom stereocenters. The Labute approximate surface area is 99.8 Å². The predicted molar refractivity (Wildman–Crippen MR) is 68.2 cm³/mol. The molecule has 2 nitrogen and oxygen atoms in total. The summed E-state index contributed by atoms with van der Waals surface area (Å²) in [6.07, 6.45) is 0. The van der Waals surface area contributed by atoms with Crippen molar-refractivity contribution < 1.29 is 5.11 Å². The van der Waals surface area contributed by atoms with E-state index in [0.717, 1.165) is 16.7 Å². The van der Waals surface area contributed by atoms with Crippen LogP contribution in [0.1, 0.15) is 19.4 Å². The van der Waals surface area contributed by atoms with Crippen molar-refractivity contribution in [3.8, 4) is 0 Å². The van der Waals surface area contributed by atoms with Crippen LogP contribution in [0.15, 0.2) is 22.7 Å². The molecule has 0 aromatic heterocycles. The number of hydrogen-bond acceptors (Lipinski definition) is 2. The maximum absolute atomic E-state index is 9.12. The first-order chi connectivity index (χ1) is 6.94. The van der Waals surface area contributed by atoms with Gasteiger partial charge < -0.3 is 10.4 Å². The first-order valence-corrected chi connectivity index (χ1v) is 5.85. The zero-order chi connectivity index (χ0) is 11.5. The molecule has 0 saturated carbocycles. The lowest BCUT2D eigenvalue weighted by Crippen LogP contribution is -2.26. The Morgan fingerprint density at radius 3 is 2.60 bits per heavy atom. The topological polar surface area (TPSA) is 32.3 Å². The van der Waals surface area contributed by atoms with Gasteiger partial charge in [0.15, 0.2) is 0 Å². The smallest absolute Gasteiger partial charge is 0.0498 e. The highest BCUT2D eigenvalue weighted by atomic mass is 79.9. The second kappa shape index (κ2) is 4.99. The van der Waals surface area contributed by atoms with Crippen LogP contribution in [0.2, 0.25) is 0 Å². The van der Waals surface area contributed by atoms with E-state index in [9.17, 15) is 0 Å². The molecular weight excluding hydrogens is 254 g/mol. The quantitative estimate of drug-likeness (QED) is 0.882. The molecule has 15 heavy (non-hydrogen) atoms. The van der Waals surface area contributed by atoms with Crippen molar-refractivity contribution in [1.82, 2.24) is 0 Å². The van der Waals surface area contributed by atoms with E-state index in [1.54, 1.807) is 0 Å². The Hall–Kier alpha value is -0.540. The van der Waals surface area contributed by atoms with Crippen molar-refractivity contribution in [1.29, 1.82) is 0 Å². The lowest BCUT2D eigenvalue weighted by Gasteiger charge is -2.22. The second-order valence-electron chi connectivity index (χ2n) is 4.64. The first kappa shape index (κ1) is 12.5. The molecule has 0 aliphatic heterocycles. The summed E-state index contributed by atoms with van der Waals surface area (Å²) in [5.74, 6) is 0. The van der Waals surface area contributed by atoms with E-state index in [2.05, 4.69) is 40.3 Å². The molecule has 0 saturated heterocycles. The monoisotopic (exact) mass is 271 g/mol. The van der Waals surface area contributed by atoms with Crippen LogP contribution in [0, 0.1) is 12.3 Å². The summed E-state index contributed by atoms with van der Waals surface area (Å²) in [6, 6.07) is 6.18. The zero-order valence-electron chi connectivity index (χ0n) is 9.47. The van der Waals surface area contributed by atoms with Crippen molar-refractivity contribution in [3.63, 3.8) is 0 Å². The number of aryl methyl sites for hydroxylation is 1. The van der Waals surface area contributed by atoms with E-state index in [4.69, 9.17) is 5.11 Å². The van der Waals surface area contributed by atoms with Crippen molar-refractivity contribution in [3.05, 3.63) is 28.2 Å². The fourth-order valence-corrected chi connectivity index (χ4v) is 1.48. The van der Waals surface area contributed by atoms with Gasteiger partial charge in [-0.05, 0) is 24.6 Å². The third kappa shape index (κ3) is 3.84. The highest BCUT2D eigenvalue weighted by Gasteiger charge is 2.15. The van der Waals surface area contributed by atoms with Crippen LogP contribution in [0.4, 0.5) is 5.69 Å². The summed E-state index contributed by atoms with van der Waals surface area (Å²) >= 11 is 3.49. The van der Waals surface area contributed by atoms with Gasteiger partial charge in [0.1, 0.15) is 0 Å². The van der Waals surface area contributed by atoms with Crippen molar-refractivity contribution >= 4 is 21.6 Å².